The highest BCUT2D eigenvalue weighted by Crippen LogP contribution is 2.23. The molecule has 1 heterocycles. The van der Waals surface area contributed by atoms with Crippen molar-refractivity contribution in [2.75, 3.05) is 23.6 Å². The second-order valence-corrected chi connectivity index (χ2v) is 6.73. The largest absolute Gasteiger partial charge is 0.317 e. The second-order valence-electron chi connectivity index (χ2n) is 4.88. The maximum Gasteiger partial charge on any atom is 0.232 e. The monoisotopic (exact) mass is 307 g/mol. The van der Waals surface area contributed by atoms with Crippen molar-refractivity contribution in [2.45, 2.75) is 19.8 Å². The van der Waals surface area contributed by atoms with Crippen LogP contribution in [0.25, 0.3) is 10.8 Å². The Bertz CT molecular complexity index is 681. The van der Waals surface area contributed by atoms with Gasteiger partial charge in [-0.15, -0.1) is 0 Å². The number of hydrogen-bond acceptors (Lipinski definition) is 4. The van der Waals surface area contributed by atoms with Crippen molar-refractivity contribution >= 4 is 26.5 Å². The Morgan fingerprint density at radius 3 is 2.86 bits per heavy atom. The van der Waals surface area contributed by atoms with Gasteiger partial charge in [0.05, 0.1) is 11.4 Å². The smallest absolute Gasteiger partial charge is 0.232 e. The molecule has 0 aliphatic rings. The summed E-state index contributed by atoms with van der Waals surface area (Å²) in [7, 11) is -3.31. The number of nitrogens with zero attached hydrogens (tertiary/aromatic N) is 1. The Morgan fingerprint density at radius 1 is 1.19 bits per heavy atom. The fourth-order valence-corrected chi connectivity index (χ4v) is 3.35. The molecule has 2 rings (SSSR count). The van der Waals surface area contributed by atoms with E-state index in [1.54, 1.807) is 18.5 Å². The number of benzene rings is 1. The first-order valence-corrected chi connectivity index (χ1v) is 8.81. The Kier molecular flexibility index (Phi) is 5.52. The molecule has 21 heavy (non-hydrogen) atoms. The van der Waals surface area contributed by atoms with Crippen molar-refractivity contribution in [1.29, 1.82) is 0 Å². The molecule has 5 nitrogen and oxygen atoms in total. The molecule has 0 amide bonds. The molecule has 0 aliphatic carbocycles. The maximum absolute atomic E-state index is 12.1. The van der Waals surface area contributed by atoms with Gasteiger partial charge in [0.1, 0.15) is 0 Å². The lowest BCUT2D eigenvalue weighted by atomic mass is 10.1. The fraction of sp³-hybridized carbons (Fsp3) is 0.400. The molecule has 0 radical (unpaired) electrons. The molecule has 1 aromatic heterocycles. The Hall–Kier alpha value is -1.66. The number of sulfonamides is 1. The van der Waals surface area contributed by atoms with Gasteiger partial charge in [-0.1, -0.05) is 19.1 Å². The molecule has 6 heteroatoms. The SMILES string of the molecule is CCNCCCCS(=O)(=O)Nc1cccc2cnccc12. The summed E-state index contributed by atoms with van der Waals surface area (Å²) >= 11 is 0. The van der Waals surface area contributed by atoms with Crippen molar-refractivity contribution in [3.63, 3.8) is 0 Å². The van der Waals surface area contributed by atoms with Crippen LogP contribution < -0.4 is 10.0 Å². The Labute approximate surface area is 125 Å². The van der Waals surface area contributed by atoms with E-state index in [4.69, 9.17) is 0 Å². The van der Waals surface area contributed by atoms with Crippen LogP contribution in [0.15, 0.2) is 36.7 Å². The van der Waals surface area contributed by atoms with E-state index in [1.807, 2.05) is 25.1 Å². The minimum Gasteiger partial charge on any atom is -0.317 e. The molecule has 0 saturated heterocycles. The van der Waals surface area contributed by atoms with Gasteiger partial charge in [-0.2, -0.15) is 0 Å². The van der Waals surface area contributed by atoms with Crippen molar-refractivity contribution in [3.8, 4) is 0 Å². The number of nitrogens with one attached hydrogen (secondary N) is 2. The van der Waals surface area contributed by atoms with Crippen LogP contribution in [0.1, 0.15) is 19.8 Å². The lowest BCUT2D eigenvalue weighted by Gasteiger charge is -2.10. The van der Waals surface area contributed by atoms with Crippen LogP contribution >= 0.6 is 0 Å². The lowest BCUT2D eigenvalue weighted by Crippen LogP contribution is -2.19. The van der Waals surface area contributed by atoms with Gasteiger partial charge in [0.2, 0.25) is 10.0 Å². The minimum atomic E-state index is -3.31. The number of anilines is 1. The first-order valence-electron chi connectivity index (χ1n) is 7.16. The van der Waals surface area contributed by atoms with E-state index in [0.717, 1.165) is 30.3 Å². The van der Waals surface area contributed by atoms with Crippen LogP contribution in [0.5, 0.6) is 0 Å². The number of aromatic nitrogens is 1. The summed E-state index contributed by atoms with van der Waals surface area (Å²) in [5, 5.41) is 4.97. The van der Waals surface area contributed by atoms with Crippen LogP contribution in [-0.4, -0.2) is 32.2 Å². The van der Waals surface area contributed by atoms with Gasteiger partial charge >= 0.3 is 0 Å². The van der Waals surface area contributed by atoms with Crippen LogP contribution in [0.4, 0.5) is 5.69 Å². The van der Waals surface area contributed by atoms with E-state index in [1.165, 1.54) is 0 Å². The zero-order valence-electron chi connectivity index (χ0n) is 12.2. The number of hydrogen-bond donors (Lipinski definition) is 2. The lowest BCUT2D eigenvalue weighted by molar-refractivity contribution is 0.593. The highest BCUT2D eigenvalue weighted by atomic mass is 32.2. The van der Waals surface area contributed by atoms with Gasteiger partial charge in [-0.3, -0.25) is 9.71 Å². The van der Waals surface area contributed by atoms with Crippen LogP contribution in [-0.2, 0) is 10.0 Å². The summed E-state index contributed by atoms with van der Waals surface area (Å²) in [5.41, 5.74) is 0.613. The van der Waals surface area contributed by atoms with Gasteiger partial charge in [0.15, 0.2) is 0 Å². The molecule has 114 valence electrons. The third-order valence-corrected chi connectivity index (χ3v) is 4.57. The second kappa shape index (κ2) is 7.38. The number of pyridine rings is 1. The standard InChI is InChI=1S/C15H21N3O2S/c1-2-16-9-3-4-11-21(19,20)18-15-7-5-6-13-12-17-10-8-14(13)15/h5-8,10,12,16,18H,2-4,9,11H2,1H3. The van der Waals surface area contributed by atoms with E-state index in [0.29, 0.717) is 12.1 Å². The van der Waals surface area contributed by atoms with Gasteiger partial charge in [0, 0.05) is 23.2 Å². The Morgan fingerprint density at radius 2 is 2.05 bits per heavy atom. The topological polar surface area (TPSA) is 71.1 Å². The molecule has 0 saturated carbocycles. The molecule has 1 aromatic carbocycles. The first-order chi connectivity index (χ1) is 10.1. The van der Waals surface area contributed by atoms with Crippen molar-refractivity contribution < 1.29 is 8.42 Å². The minimum absolute atomic E-state index is 0.139. The third-order valence-electron chi connectivity index (χ3n) is 3.21. The zero-order chi connectivity index (χ0) is 15.1. The maximum atomic E-state index is 12.1. The molecule has 0 bridgehead atoms. The van der Waals surface area contributed by atoms with E-state index in [2.05, 4.69) is 15.0 Å². The van der Waals surface area contributed by atoms with E-state index >= 15 is 0 Å². The molecule has 2 N–H and O–H groups in total. The third kappa shape index (κ3) is 4.68. The molecule has 0 unspecified atom stereocenters. The summed E-state index contributed by atoms with van der Waals surface area (Å²) in [6.45, 7) is 3.80. The predicted octanol–water partition coefficient (Wildman–Crippen LogP) is 2.37. The van der Waals surface area contributed by atoms with Crippen molar-refractivity contribution in [3.05, 3.63) is 36.7 Å². The summed E-state index contributed by atoms with van der Waals surface area (Å²) in [4.78, 5) is 4.04. The van der Waals surface area contributed by atoms with Crippen LogP contribution in [0.2, 0.25) is 0 Å². The predicted molar refractivity (Wildman–Crippen MR) is 86.9 cm³/mol. The van der Waals surface area contributed by atoms with Gasteiger partial charge in [0.25, 0.3) is 0 Å². The zero-order valence-corrected chi connectivity index (χ0v) is 13.0. The number of rotatable bonds is 8. The fourth-order valence-electron chi connectivity index (χ4n) is 2.15. The summed E-state index contributed by atoms with van der Waals surface area (Å²) in [6, 6.07) is 7.33. The van der Waals surface area contributed by atoms with Gasteiger partial charge in [-0.05, 0) is 38.1 Å². The quantitative estimate of drug-likeness (QED) is 0.735. The molecule has 0 spiro atoms. The molecule has 0 aliphatic heterocycles. The van der Waals surface area contributed by atoms with E-state index in [-0.39, 0.29) is 5.75 Å². The van der Waals surface area contributed by atoms with Gasteiger partial charge in [-0.25, -0.2) is 8.42 Å². The average Bonchev–Trinajstić information content (AvgIpc) is 2.47. The van der Waals surface area contributed by atoms with E-state index in [9.17, 15) is 8.42 Å². The molecule has 0 atom stereocenters. The van der Waals surface area contributed by atoms with Crippen molar-refractivity contribution in [2.24, 2.45) is 0 Å². The highest BCUT2D eigenvalue weighted by molar-refractivity contribution is 7.92. The molecule has 2 aromatic rings. The first kappa shape index (κ1) is 15.7. The number of unbranched alkanes of at least 4 members (excludes halogenated alkanes) is 1. The highest BCUT2D eigenvalue weighted by Gasteiger charge is 2.11. The average molecular weight is 307 g/mol. The normalized spacial score (nSPS) is 11.7. The van der Waals surface area contributed by atoms with Crippen molar-refractivity contribution in [1.82, 2.24) is 10.3 Å². The summed E-state index contributed by atoms with van der Waals surface area (Å²) in [6.07, 6.45) is 4.89. The van der Waals surface area contributed by atoms with E-state index < -0.39 is 10.0 Å². The number of fused-ring (bicyclic) bond motifs is 1. The molecular formula is C15H21N3O2S. The molecular weight excluding hydrogens is 286 g/mol. The molecule has 0 fully saturated rings. The van der Waals surface area contributed by atoms with Gasteiger partial charge < -0.3 is 5.32 Å². The van der Waals surface area contributed by atoms with Crippen LogP contribution in [0, 0.1) is 0 Å². The van der Waals surface area contributed by atoms with Crippen LogP contribution in [0.3, 0.4) is 0 Å². The summed E-state index contributed by atoms with van der Waals surface area (Å²) in [5.74, 6) is 0.139. The Balaban J connectivity index is 2.02. The summed E-state index contributed by atoms with van der Waals surface area (Å²) < 4.78 is 26.9.